The summed E-state index contributed by atoms with van der Waals surface area (Å²) in [5, 5.41) is 0. The molecule has 1 aromatic carbocycles. The van der Waals surface area contributed by atoms with Gasteiger partial charge in [0.1, 0.15) is 0 Å². The summed E-state index contributed by atoms with van der Waals surface area (Å²) in [6, 6.07) is 8.36. The second-order valence-electron chi connectivity index (χ2n) is 8.01. The van der Waals surface area contributed by atoms with Gasteiger partial charge >= 0.3 is 5.97 Å². The topological polar surface area (TPSA) is 61.3 Å². The van der Waals surface area contributed by atoms with Crippen molar-refractivity contribution in [3.63, 3.8) is 0 Å². The first kappa shape index (κ1) is 25.7. The average Bonchev–Trinajstić information content (AvgIpc) is 2.82. The lowest BCUT2D eigenvalue weighted by Gasteiger charge is -2.06. The number of carbonyl (C=O) groups is 1. The fraction of sp³-hybridized carbons (Fsp3) is 0.519. The van der Waals surface area contributed by atoms with Crippen molar-refractivity contribution in [3.8, 4) is 17.1 Å². The molecule has 0 radical (unpaired) electrons. The summed E-state index contributed by atoms with van der Waals surface area (Å²) in [5.74, 6) is 0.701. The van der Waals surface area contributed by atoms with Crippen LogP contribution in [0.5, 0.6) is 5.75 Å². The van der Waals surface area contributed by atoms with Crippen LogP contribution in [-0.2, 0) is 16.0 Å². The predicted octanol–water partition coefficient (Wildman–Crippen LogP) is 6.72. The Morgan fingerprint density at radius 3 is 2.38 bits per heavy atom. The highest BCUT2D eigenvalue weighted by molar-refractivity contribution is 5.73. The highest BCUT2D eigenvalue weighted by atomic mass is 16.5. The lowest BCUT2D eigenvalue weighted by atomic mass is 10.0. The van der Waals surface area contributed by atoms with Gasteiger partial charge in [-0.2, -0.15) is 0 Å². The highest BCUT2D eigenvalue weighted by Gasteiger charge is 2.06. The average molecular weight is 439 g/mol. The first-order valence-electron chi connectivity index (χ1n) is 12.1. The van der Waals surface area contributed by atoms with Crippen molar-refractivity contribution in [2.75, 3.05) is 13.2 Å². The van der Waals surface area contributed by atoms with Crippen molar-refractivity contribution in [1.29, 1.82) is 0 Å². The van der Waals surface area contributed by atoms with Gasteiger partial charge in [0.25, 0.3) is 0 Å². The van der Waals surface area contributed by atoms with Crippen molar-refractivity contribution >= 4 is 5.97 Å². The van der Waals surface area contributed by atoms with Gasteiger partial charge in [0.2, 0.25) is 0 Å². The smallest absolute Gasteiger partial charge is 0.315 e. The van der Waals surface area contributed by atoms with Crippen molar-refractivity contribution in [1.82, 2.24) is 9.97 Å². The van der Waals surface area contributed by atoms with E-state index in [0.29, 0.717) is 11.6 Å². The first-order valence-corrected chi connectivity index (χ1v) is 12.1. The molecule has 1 aromatic heterocycles. The minimum absolute atomic E-state index is 0.265. The van der Waals surface area contributed by atoms with Crippen LogP contribution in [0.2, 0.25) is 0 Å². The minimum Gasteiger partial charge on any atom is -0.423 e. The normalized spacial score (nSPS) is 11.2. The van der Waals surface area contributed by atoms with E-state index in [-0.39, 0.29) is 12.4 Å². The monoisotopic (exact) mass is 438 g/mol. The van der Waals surface area contributed by atoms with Gasteiger partial charge in [-0.15, -0.1) is 0 Å². The quantitative estimate of drug-likeness (QED) is 0.165. The molecule has 0 saturated carbocycles. The minimum atomic E-state index is -0.297. The van der Waals surface area contributed by atoms with Crippen molar-refractivity contribution in [2.45, 2.75) is 78.1 Å². The first-order chi connectivity index (χ1) is 15.7. The van der Waals surface area contributed by atoms with E-state index in [1.54, 1.807) is 12.4 Å². The third-order valence-electron chi connectivity index (χ3n) is 5.10. The molecule has 0 fully saturated rings. The number of carbonyl (C=O) groups excluding carboxylic acids is 1. The highest BCUT2D eigenvalue weighted by Crippen LogP contribution is 2.18. The maximum absolute atomic E-state index is 11.9. The third kappa shape index (κ3) is 10.7. The van der Waals surface area contributed by atoms with Gasteiger partial charge in [-0.25, -0.2) is 9.97 Å². The molecule has 0 bridgehead atoms. The van der Waals surface area contributed by atoms with Crippen LogP contribution in [0.15, 0.2) is 48.8 Å². The molecule has 0 N–H and O–H groups in total. The number of nitrogens with zero attached hydrogens (tertiary/aromatic N) is 2. The molecule has 2 aromatic rings. The molecule has 2 rings (SSSR count). The summed E-state index contributed by atoms with van der Waals surface area (Å²) in [4.78, 5) is 20.6. The predicted molar refractivity (Wildman–Crippen MR) is 130 cm³/mol. The van der Waals surface area contributed by atoms with E-state index in [2.05, 4.69) is 35.9 Å². The zero-order valence-electron chi connectivity index (χ0n) is 19.7. The number of esters is 1. The van der Waals surface area contributed by atoms with Crippen molar-refractivity contribution < 1.29 is 14.3 Å². The summed E-state index contributed by atoms with van der Waals surface area (Å²) >= 11 is 0. The molecule has 0 unspecified atom stereocenters. The molecule has 0 spiro atoms. The molecule has 0 saturated heterocycles. The number of ether oxygens (including phenoxy) is 2. The second-order valence-corrected chi connectivity index (χ2v) is 8.01. The van der Waals surface area contributed by atoms with Gasteiger partial charge in [0.15, 0.2) is 11.6 Å². The Morgan fingerprint density at radius 2 is 1.66 bits per heavy atom. The number of hydrogen-bond acceptors (Lipinski definition) is 5. The zero-order valence-corrected chi connectivity index (χ0v) is 19.7. The molecular formula is C27H38N2O3. The molecule has 0 atom stereocenters. The van der Waals surface area contributed by atoms with Crippen LogP contribution in [0.4, 0.5) is 0 Å². The van der Waals surface area contributed by atoms with E-state index >= 15 is 0 Å². The Kier molecular flexibility index (Phi) is 13.0. The fourth-order valence-corrected chi connectivity index (χ4v) is 3.28. The van der Waals surface area contributed by atoms with Crippen LogP contribution in [0.3, 0.4) is 0 Å². The Morgan fingerprint density at radius 1 is 0.875 bits per heavy atom. The van der Waals surface area contributed by atoms with E-state index in [0.717, 1.165) is 50.9 Å². The number of rotatable bonds is 16. The Labute approximate surface area is 193 Å². The number of hydrogen-bond donors (Lipinski definition) is 0. The molecule has 5 heteroatoms. The van der Waals surface area contributed by atoms with E-state index in [9.17, 15) is 4.79 Å². The molecule has 0 aliphatic carbocycles. The number of benzene rings is 1. The van der Waals surface area contributed by atoms with Crippen LogP contribution >= 0.6 is 0 Å². The standard InChI is InChI=1S/C27H38N2O3/c1-3-5-6-7-8-11-14-26(30)32-25-21-28-27(29-22-25)24-17-15-23(16-18-24)13-10-9-12-20-31-19-4-2/h8,11,15-18,21-22H,3-7,9-10,12-14,19-20H2,1-2H3. The van der Waals surface area contributed by atoms with Crippen LogP contribution in [-0.4, -0.2) is 29.2 Å². The lowest BCUT2D eigenvalue weighted by Crippen LogP contribution is -2.07. The van der Waals surface area contributed by atoms with Crippen LogP contribution in [0, 0.1) is 0 Å². The molecule has 5 nitrogen and oxygen atoms in total. The molecule has 174 valence electrons. The van der Waals surface area contributed by atoms with Crippen LogP contribution < -0.4 is 4.74 Å². The third-order valence-corrected chi connectivity index (χ3v) is 5.10. The van der Waals surface area contributed by atoms with Gasteiger partial charge < -0.3 is 9.47 Å². The number of unbranched alkanes of at least 4 members (excludes halogenated alkanes) is 5. The van der Waals surface area contributed by atoms with Crippen molar-refractivity contribution in [2.24, 2.45) is 0 Å². The zero-order chi connectivity index (χ0) is 22.9. The molecular weight excluding hydrogens is 400 g/mol. The Bertz CT molecular complexity index is 786. The number of allylic oxidation sites excluding steroid dienone is 1. The molecule has 0 amide bonds. The lowest BCUT2D eigenvalue weighted by molar-refractivity contribution is -0.133. The van der Waals surface area contributed by atoms with Gasteiger partial charge in [-0.3, -0.25) is 4.79 Å². The largest absolute Gasteiger partial charge is 0.423 e. The second kappa shape index (κ2) is 16.2. The van der Waals surface area contributed by atoms with Crippen molar-refractivity contribution in [3.05, 3.63) is 54.4 Å². The van der Waals surface area contributed by atoms with Crippen LogP contribution in [0.25, 0.3) is 11.4 Å². The van der Waals surface area contributed by atoms with Gasteiger partial charge in [-0.05, 0) is 44.1 Å². The maximum atomic E-state index is 11.9. The van der Waals surface area contributed by atoms with Gasteiger partial charge in [0.05, 0.1) is 18.8 Å². The van der Waals surface area contributed by atoms with E-state index in [1.807, 2.05) is 24.3 Å². The van der Waals surface area contributed by atoms with Gasteiger partial charge in [0, 0.05) is 18.8 Å². The SMILES string of the molecule is CCCCCC=CCC(=O)Oc1cnc(-c2ccc(CCCCCOCCC)cc2)nc1. The number of aromatic nitrogens is 2. The summed E-state index contributed by atoms with van der Waals surface area (Å²) < 4.78 is 10.8. The molecule has 0 aliphatic rings. The van der Waals surface area contributed by atoms with E-state index < -0.39 is 0 Å². The Balaban J connectivity index is 1.72. The molecule has 32 heavy (non-hydrogen) atoms. The Hall–Kier alpha value is -2.53. The summed E-state index contributed by atoms with van der Waals surface area (Å²) in [5.41, 5.74) is 2.27. The van der Waals surface area contributed by atoms with E-state index in [1.165, 1.54) is 31.2 Å². The fourth-order valence-electron chi connectivity index (χ4n) is 3.28. The van der Waals surface area contributed by atoms with E-state index in [4.69, 9.17) is 9.47 Å². The van der Waals surface area contributed by atoms with Gasteiger partial charge in [-0.1, -0.05) is 69.5 Å². The summed E-state index contributed by atoms with van der Waals surface area (Å²) in [7, 11) is 0. The summed E-state index contributed by atoms with van der Waals surface area (Å²) in [6.07, 6.45) is 17.5. The van der Waals surface area contributed by atoms with Crippen LogP contribution in [0.1, 0.15) is 77.2 Å². The molecule has 1 heterocycles. The maximum Gasteiger partial charge on any atom is 0.315 e. The molecule has 0 aliphatic heterocycles. The number of aryl methyl sites for hydroxylation is 1. The summed E-state index contributed by atoms with van der Waals surface area (Å²) in [6.45, 7) is 6.04.